The Bertz CT molecular complexity index is 6010. The number of aromatic amines is 2. The molecule has 0 bridgehead atoms. The van der Waals surface area contributed by atoms with E-state index in [0.717, 1.165) is 89.5 Å². The Morgan fingerprint density at radius 1 is 0.427 bits per heavy atom. The fraction of sp³-hybridized carbons (Fsp3) is 0.193. The molecule has 0 aliphatic rings. The summed E-state index contributed by atoms with van der Waals surface area (Å²) < 4.78 is 206. The van der Waals surface area contributed by atoms with E-state index in [4.69, 9.17) is 23.8 Å². The van der Waals surface area contributed by atoms with E-state index in [1.807, 2.05) is 59.1 Å². The Morgan fingerprint density at radius 2 is 0.839 bits per heavy atom. The van der Waals surface area contributed by atoms with Gasteiger partial charge in [0.05, 0.1) is 27.8 Å². The molecular weight excluding hydrogens is 1690 g/mol. The summed E-state index contributed by atoms with van der Waals surface area (Å²) in [5, 5.41) is 47.5. The molecule has 1 atom stereocenters. The third-order valence-corrected chi connectivity index (χ3v) is 27.4. The molecule has 124 heavy (non-hydrogen) atoms. The average molecular weight is 1770 g/mol. The van der Waals surface area contributed by atoms with Crippen LogP contribution < -0.4 is 13.6 Å². The van der Waals surface area contributed by atoms with Crippen LogP contribution in [0.3, 0.4) is 0 Å². The number of pyridine rings is 4. The molecule has 652 valence electrons. The number of nitrogens with one attached hydrogen (secondary N) is 2. The molecule has 13 aromatic rings. The van der Waals surface area contributed by atoms with Crippen LogP contribution in [0.5, 0.6) is 40.2 Å². The molecule has 0 radical (unpaired) electrons. The zero-order valence-electron chi connectivity index (χ0n) is 68.1. The number of ether oxygens (including phenoxy) is 2. The largest absolute Gasteiger partial charge is 0.542 e. The van der Waals surface area contributed by atoms with Crippen molar-refractivity contribution >= 4 is 69.5 Å². The molecule has 6 heterocycles. The molecule has 36 heteroatoms. The van der Waals surface area contributed by atoms with Crippen molar-refractivity contribution in [2.75, 3.05) is 0 Å². The van der Waals surface area contributed by atoms with E-state index in [2.05, 4.69) is 55.4 Å². The number of fused-ring (bicyclic) bond motifs is 2. The third-order valence-electron chi connectivity index (χ3n) is 18.7. The highest BCUT2D eigenvalue weighted by Crippen LogP contribution is 2.42. The number of rotatable bonds is 14. The maximum Gasteiger partial charge on any atom is 0.514 e. The van der Waals surface area contributed by atoms with Gasteiger partial charge in [-0.1, -0.05) is 53.7 Å². The van der Waals surface area contributed by atoms with E-state index in [-0.39, 0.29) is 51.6 Å². The second-order valence-corrected chi connectivity index (χ2v) is 40.1. The lowest BCUT2D eigenvalue weighted by molar-refractivity contribution is 0.0196. The number of carbonyl (C=O) groups excluding carboxylic acids is 5. The van der Waals surface area contributed by atoms with E-state index >= 15 is 0 Å². The fourth-order valence-corrected chi connectivity index (χ4v) is 12.1. The highest BCUT2D eigenvalue weighted by atomic mass is 28.4. The molecule has 0 amide bonds. The molecule has 0 aliphatic carbocycles. The van der Waals surface area contributed by atoms with Crippen molar-refractivity contribution < 1.29 is 129 Å². The predicted octanol–water partition coefficient (Wildman–Crippen LogP) is 22.3. The summed E-state index contributed by atoms with van der Waals surface area (Å²) >= 11 is 0. The molecule has 20 nitrogen and oxygen atoms in total. The number of ketones is 1. The number of phenols is 4. The van der Waals surface area contributed by atoms with E-state index in [9.17, 15) is 101 Å². The predicted molar refractivity (Wildman–Crippen MR) is 436 cm³/mol. The van der Waals surface area contributed by atoms with Gasteiger partial charge in [0.2, 0.25) is 5.78 Å². The molecule has 0 saturated heterocycles. The maximum absolute atomic E-state index is 14.2. The summed E-state index contributed by atoms with van der Waals surface area (Å²) in [7, 11) is -4.27. The number of nitrogens with zero attached hydrogens (tertiary/aromatic N) is 4. The maximum atomic E-state index is 14.2. The van der Waals surface area contributed by atoms with E-state index in [1.54, 1.807) is 82.2 Å². The minimum atomic E-state index is -2.21. The first-order valence-corrected chi connectivity index (χ1v) is 42.5. The molecule has 0 fully saturated rings. The van der Waals surface area contributed by atoms with Crippen LogP contribution in [0.15, 0.2) is 183 Å². The minimum absolute atomic E-state index is 0.00612. The van der Waals surface area contributed by atoms with Crippen LogP contribution >= 0.6 is 0 Å². The molecule has 0 spiro atoms. The van der Waals surface area contributed by atoms with Crippen molar-refractivity contribution in [3.05, 3.63) is 303 Å². The van der Waals surface area contributed by atoms with Gasteiger partial charge in [-0.15, -0.1) is 0 Å². The van der Waals surface area contributed by atoms with Crippen LogP contribution in [0, 0.1) is 81.4 Å². The molecule has 0 aliphatic heterocycles. The number of benzene rings is 7. The number of phenolic OH excluding ortho intramolecular Hbond substituents is 4. The first kappa shape index (κ1) is 97.5. The van der Waals surface area contributed by atoms with Crippen molar-refractivity contribution in [2.45, 2.75) is 110 Å². The first-order valence-electron chi connectivity index (χ1n) is 36.6. The number of aldehydes is 3. The van der Waals surface area contributed by atoms with E-state index in [0.29, 0.717) is 33.7 Å². The van der Waals surface area contributed by atoms with Crippen LogP contribution in [-0.4, -0.2) is 108 Å². The minimum Gasteiger partial charge on any atom is -0.542 e. The standard InChI is InChI=1S/C19H13F2N3O2.C19H11F2N3O2.C13H18F2O2Si.C12H12F2O4.C12H18F2OSi.C7H4F2O2.C6H4F2O/c2*20-14-3-4-15(25)17(21)16(14)18(26)13-9-24-19-12(13)6-11(8-23-19)10-2-1-5-22-7-10;1-13(2,3)18(4,5)17-11-7-6-10(14)9(8-16)12(11)15;1-12(2,3)18-11(16)17-9-5-4-8(13)7(6-15)10(9)14;1-12(2,3)16(4,5)15-11-7-6-9(13)8-10(11)14;8-5-1-2-6(11)7(9)4(5)3-10;7-4-1-2-6(9)5(8)3-4/h1-9,18,25-26H,(H,23,24);1-9,25H,(H,23,24);6-8H,1-5H3;4-6H,1-3H3;6-8H,1-5H3;1-3,11H;1-3,9H. The Labute approximate surface area is 701 Å². The SMILES string of the molecule is CC(C)(C)OC(=O)Oc1ccc(F)c(C=O)c1F.CC(C)(C)[Si](C)(C)Oc1ccc(F)c(C=O)c1F.CC(C)(C)[Si](C)(C)Oc1ccc(F)cc1F.O=C(c1c(F)ccc(O)c1F)c1c[nH]c2ncc(-c3cccnc3)cc12.O=Cc1c(F)ccc(O)c1F.Oc1ccc(F)c(C(O)c2c[nH]c3ncc(-c4cccnc4)cc23)c1F.Oc1ccc(F)cc1F. The molecule has 7 N–H and O–H groups in total. The second kappa shape index (κ2) is 41.3. The molecule has 1 unspecified atom stereocenters. The summed E-state index contributed by atoms with van der Waals surface area (Å²) in [6.45, 7) is 25.0. The number of aliphatic hydroxyl groups excluding tert-OH is 1. The molecule has 6 aromatic heterocycles. The number of hydrogen-bond acceptors (Lipinski definition) is 18. The van der Waals surface area contributed by atoms with Crippen LogP contribution in [0.1, 0.15) is 127 Å². The number of aliphatic hydroxyl groups is 1. The number of aromatic nitrogens is 6. The zero-order chi connectivity index (χ0) is 92.4. The van der Waals surface area contributed by atoms with Crippen molar-refractivity contribution in [2.24, 2.45) is 0 Å². The van der Waals surface area contributed by atoms with Gasteiger partial charge in [-0.2, -0.15) is 0 Å². The normalized spacial score (nSPS) is 11.5. The van der Waals surface area contributed by atoms with E-state index in [1.165, 1.54) is 30.6 Å². The number of carbonyl (C=O) groups is 5. The lowest BCUT2D eigenvalue weighted by Gasteiger charge is -2.36. The summed E-state index contributed by atoms with van der Waals surface area (Å²) in [5.41, 5.74) is -0.109. The number of halogens is 14. The number of hydrogen-bond donors (Lipinski definition) is 7. The van der Waals surface area contributed by atoms with Gasteiger partial charge in [-0.05, 0) is 166 Å². The Morgan fingerprint density at radius 3 is 1.31 bits per heavy atom. The average Bonchev–Trinajstić information content (AvgIpc) is 1.66. The van der Waals surface area contributed by atoms with Gasteiger partial charge >= 0.3 is 6.16 Å². The smallest absolute Gasteiger partial charge is 0.514 e. The fourth-order valence-electron chi connectivity index (χ4n) is 10.1. The summed E-state index contributed by atoms with van der Waals surface area (Å²) in [6, 6.07) is 25.9. The zero-order valence-corrected chi connectivity index (χ0v) is 70.1. The quantitative estimate of drug-likeness (QED) is 0.0133. The second-order valence-electron chi connectivity index (χ2n) is 30.6. The lowest BCUT2D eigenvalue weighted by atomic mass is 9.99. The third kappa shape index (κ3) is 24.8. The van der Waals surface area contributed by atoms with Crippen molar-refractivity contribution in [1.29, 1.82) is 0 Å². The van der Waals surface area contributed by atoms with Gasteiger partial charge in [-0.25, -0.2) is 76.2 Å². The van der Waals surface area contributed by atoms with Crippen molar-refractivity contribution in [1.82, 2.24) is 29.9 Å². The summed E-state index contributed by atoms with van der Waals surface area (Å²) in [5.74, 6) is -17.7. The molecule has 7 aromatic carbocycles. The van der Waals surface area contributed by atoms with Crippen molar-refractivity contribution in [3.63, 3.8) is 0 Å². The van der Waals surface area contributed by atoms with Gasteiger partial charge < -0.3 is 53.8 Å². The van der Waals surface area contributed by atoms with Gasteiger partial charge in [0.1, 0.15) is 75.2 Å². The van der Waals surface area contributed by atoms with Gasteiger partial charge in [-0.3, -0.25) is 29.1 Å². The molecule has 13 rings (SSSR count). The Balaban J connectivity index is 0.000000204. The van der Waals surface area contributed by atoms with E-state index < -0.39 is 178 Å². The summed E-state index contributed by atoms with van der Waals surface area (Å²) in [4.78, 5) is 77.4. The van der Waals surface area contributed by atoms with Crippen molar-refractivity contribution in [3.8, 4) is 62.5 Å². The van der Waals surface area contributed by atoms with Crippen LogP contribution in [0.25, 0.3) is 44.3 Å². The Kier molecular flexibility index (Phi) is 32.5. The van der Waals surface area contributed by atoms with Gasteiger partial charge in [0.25, 0.3) is 16.6 Å². The topological polar surface area (TPSA) is 307 Å². The molecule has 0 saturated carbocycles. The monoisotopic (exact) mass is 1770 g/mol. The van der Waals surface area contributed by atoms with Crippen LogP contribution in [0.4, 0.5) is 66.3 Å². The van der Waals surface area contributed by atoms with Crippen LogP contribution in [0.2, 0.25) is 36.3 Å². The highest BCUT2D eigenvalue weighted by molar-refractivity contribution is 6.75. The number of aromatic hydroxyl groups is 4. The lowest BCUT2D eigenvalue weighted by Crippen LogP contribution is -2.44. The summed E-state index contributed by atoms with van der Waals surface area (Å²) in [6.07, 6.45) is 10.1. The molecular formula is C88H80F14N6O14Si2. The highest BCUT2D eigenvalue weighted by Gasteiger charge is 2.41. The van der Waals surface area contributed by atoms with Crippen LogP contribution in [-0.2, 0) is 4.74 Å². The van der Waals surface area contributed by atoms with Gasteiger partial charge in [0.15, 0.2) is 88.3 Å². The Hall–Kier alpha value is -13.6. The first-order chi connectivity index (χ1) is 58.0. The van der Waals surface area contributed by atoms with Gasteiger partial charge in [0, 0.05) is 106 Å². The number of H-pyrrole nitrogens is 2.